The van der Waals surface area contributed by atoms with Crippen LogP contribution in [0, 0.1) is 5.92 Å². The monoisotopic (exact) mass is 607 g/mol. The maximum atomic E-state index is 13.0. The standard InChI is InChI=1S/C21H34BN3O3.C13H20N2O/c1-22(27)24-10-8-18(9-11-24)14-21(26)25-13-12-23(16-20(25)17-28-2)15-19-6-4-3-5-7-19;1-16-11-13-10-15(8-7-14-13)9-12-5-3-2-4-6-12/h3-7,18,20,27H,8-17H2,1-2H3;2-6,13-14H,7-11H2,1H3/t20-;13-/m11/s1. The first kappa shape index (κ1) is 34.6. The third-order valence-corrected chi connectivity index (χ3v) is 9.09. The summed E-state index contributed by atoms with van der Waals surface area (Å²) >= 11 is 0. The van der Waals surface area contributed by atoms with Crippen LogP contribution < -0.4 is 5.32 Å². The van der Waals surface area contributed by atoms with Gasteiger partial charge in [-0.3, -0.25) is 14.6 Å². The zero-order chi connectivity index (χ0) is 31.1. The molecule has 3 aliphatic heterocycles. The SMILES string of the molecule is COC[C@H]1CN(Cc2ccccc2)CCN1.COC[C@H]1CN(Cc2ccccc2)CCN1C(=O)CC1CCN(B(C)O)CC1. The number of ether oxygens (including phenoxy) is 2. The van der Waals surface area contributed by atoms with Gasteiger partial charge >= 0.3 is 7.05 Å². The predicted molar refractivity (Wildman–Crippen MR) is 177 cm³/mol. The minimum absolute atomic E-state index is 0.118. The molecule has 3 heterocycles. The van der Waals surface area contributed by atoms with Gasteiger partial charge in [-0.1, -0.05) is 60.7 Å². The van der Waals surface area contributed by atoms with Crippen LogP contribution in [0.25, 0.3) is 0 Å². The average Bonchev–Trinajstić information content (AvgIpc) is 3.03. The summed E-state index contributed by atoms with van der Waals surface area (Å²) in [5.41, 5.74) is 2.70. The summed E-state index contributed by atoms with van der Waals surface area (Å²) in [7, 11) is 3.09. The molecule has 3 fully saturated rings. The molecule has 2 aromatic carbocycles. The maximum absolute atomic E-state index is 13.0. The number of nitrogens with zero attached hydrogens (tertiary/aromatic N) is 4. The lowest BCUT2D eigenvalue weighted by Crippen LogP contribution is -2.56. The number of benzene rings is 2. The molecule has 0 radical (unpaired) electrons. The molecule has 3 saturated heterocycles. The number of methoxy groups -OCH3 is 2. The summed E-state index contributed by atoms with van der Waals surface area (Å²) in [4.78, 5) is 22.1. The lowest BCUT2D eigenvalue weighted by atomic mass is 9.80. The molecule has 5 rings (SSSR count). The molecule has 0 aliphatic carbocycles. The van der Waals surface area contributed by atoms with Crippen molar-refractivity contribution in [2.75, 3.05) is 79.8 Å². The van der Waals surface area contributed by atoms with Gasteiger partial charge in [0, 0.05) is 79.0 Å². The highest BCUT2D eigenvalue weighted by atomic mass is 16.5. The van der Waals surface area contributed by atoms with Gasteiger partial charge in [0.1, 0.15) is 0 Å². The second kappa shape index (κ2) is 18.6. The lowest BCUT2D eigenvalue weighted by molar-refractivity contribution is -0.139. The van der Waals surface area contributed by atoms with Crippen molar-refractivity contribution in [3.63, 3.8) is 0 Å². The normalized spacial score (nSPS) is 22.3. The molecule has 0 aromatic heterocycles. The van der Waals surface area contributed by atoms with Crippen molar-refractivity contribution in [1.82, 2.24) is 24.8 Å². The third kappa shape index (κ3) is 11.2. The van der Waals surface area contributed by atoms with Crippen LogP contribution in [0.4, 0.5) is 0 Å². The van der Waals surface area contributed by atoms with Crippen molar-refractivity contribution < 1.29 is 19.3 Å². The van der Waals surface area contributed by atoms with E-state index in [1.54, 1.807) is 14.2 Å². The first-order chi connectivity index (χ1) is 21.4. The van der Waals surface area contributed by atoms with Crippen LogP contribution in [0.15, 0.2) is 60.7 Å². The lowest BCUT2D eigenvalue weighted by Gasteiger charge is -2.42. The van der Waals surface area contributed by atoms with Crippen LogP contribution >= 0.6 is 0 Å². The number of amides is 1. The first-order valence-corrected chi connectivity index (χ1v) is 16.4. The highest BCUT2D eigenvalue weighted by Gasteiger charge is 2.33. The Labute approximate surface area is 265 Å². The Morgan fingerprint density at radius 1 is 0.841 bits per heavy atom. The van der Waals surface area contributed by atoms with E-state index >= 15 is 0 Å². The molecule has 1 amide bonds. The topological polar surface area (TPSA) is 80.8 Å². The molecule has 9 nitrogen and oxygen atoms in total. The predicted octanol–water partition coefficient (Wildman–Crippen LogP) is 2.67. The summed E-state index contributed by atoms with van der Waals surface area (Å²) in [6.45, 7) is 12.7. The molecule has 2 atom stereocenters. The maximum Gasteiger partial charge on any atom is 0.376 e. The molecule has 3 aliphatic rings. The summed E-state index contributed by atoms with van der Waals surface area (Å²) in [5, 5.41) is 13.2. The van der Waals surface area contributed by atoms with Crippen molar-refractivity contribution in [2.24, 2.45) is 5.92 Å². The molecular formula is C34H54BN5O4. The Morgan fingerprint density at radius 2 is 1.43 bits per heavy atom. The summed E-state index contributed by atoms with van der Waals surface area (Å²) < 4.78 is 10.6. The van der Waals surface area contributed by atoms with Gasteiger partial charge in [-0.15, -0.1) is 0 Å². The average molecular weight is 608 g/mol. The molecule has 2 aromatic rings. The fourth-order valence-electron chi connectivity index (χ4n) is 6.66. The smallest absolute Gasteiger partial charge is 0.376 e. The van der Waals surface area contributed by atoms with Gasteiger partial charge in [-0.05, 0) is 49.8 Å². The first-order valence-electron chi connectivity index (χ1n) is 16.4. The summed E-state index contributed by atoms with van der Waals surface area (Å²) in [6.07, 6.45) is 2.59. The third-order valence-electron chi connectivity index (χ3n) is 9.09. The summed E-state index contributed by atoms with van der Waals surface area (Å²) in [5.74, 6) is 0.685. The second-order valence-electron chi connectivity index (χ2n) is 12.6. The number of hydrogen-bond donors (Lipinski definition) is 2. The number of rotatable bonds is 11. The van der Waals surface area contributed by atoms with E-state index in [0.717, 1.165) is 84.9 Å². The Kier molecular flexibility index (Phi) is 14.6. The molecule has 2 N–H and O–H groups in total. The largest absolute Gasteiger partial charge is 0.437 e. The van der Waals surface area contributed by atoms with E-state index in [9.17, 15) is 9.82 Å². The van der Waals surface area contributed by atoms with Gasteiger partial charge in [0.25, 0.3) is 0 Å². The number of carbonyl (C=O) groups is 1. The van der Waals surface area contributed by atoms with Crippen LogP contribution in [-0.4, -0.2) is 129 Å². The number of hydrogen-bond acceptors (Lipinski definition) is 8. The van der Waals surface area contributed by atoms with E-state index in [4.69, 9.17) is 9.47 Å². The quantitative estimate of drug-likeness (QED) is 0.378. The highest BCUT2D eigenvalue weighted by molar-refractivity contribution is 6.45. The van der Waals surface area contributed by atoms with Gasteiger partial charge < -0.3 is 29.5 Å². The Balaban J connectivity index is 0.000000233. The molecule has 242 valence electrons. The van der Waals surface area contributed by atoms with Crippen molar-refractivity contribution in [1.29, 1.82) is 0 Å². The van der Waals surface area contributed by atoms with Crippen LogP contribution in [-0.2, 0) is 27.4 Å². The minimum Gasteiger partial charge on any atom is -0.437 e. The number of carbonyl (C=O) groups excluding carboxylic acids is 1. The Morgan fingerprint density at radius 3 is 2.00 bits per heavy atom. The summed E-state index contributed by atoms with van der Waals surface area (Å²) in [6, 6.07) is 21.7. The van der Waals surface area contributed by atoms with Gasteiger partial charge in [0.15, 0.2) is 0 Å². The van der Waals surface area contributed by atoms with E-state index in [-0.39, 0.29) is 19.0 Å². The van der Waals surface area contributed by atoms with Crippen LogP contribution in [0.2, 0.25) is 6.82 Å². The van der Waals surface area contributed by atoms with Crippen LogP contribution in [0.5, 0.6) is 0 Å². The molecule has 0 unspecified atom stereocenters. The van der Waals surface area contributed by atoms with Crippen LogP contribution in [0.1, 0.15) is 30.4 Å². The van der Waals surface area contributed by atoms with Gasteiger partial charge in [-0.2, -0.15) is 0 Å². The number of piperidine rings is 1. The van der Waals surface area contributed by atoms with Gasteiger partial charge in [0.05, 0.1) is 19.3 Å². The number of nitrogens with one attached hydrogen (secondary N) is 1. The molecule has 44 heavy (non-hydrogen) atoms. The Bertz CT molecular complexity index is 1070. The zero-order valence-corrected chi connectivity index (χ0v) is 27.2. The van der Waals surface area contributed by atoms with Crippen molar-refractivity contribution >= 4 is 13.0 Å². The van der Waals surface area contributed by atoms with E-state index in [1.807, 2.05) is 17.8 Å². The fourth-order valence-corrected chi connectivity index (χ4v) is 6.66. The van der Waals surface area contributed by atoms with E-state index < -0.39 is 0 Å². The van der Waals surface area contributed by atoms with Crippen molar-refractivity contribution in [3.8, 4) is 0 Å². The van der Waals surface area contributed by atoms with E-state index in [0.29, 0.717) is 25.0 Å². The number of piperazine rings is 2. The minimum atomic E-state index is -0.388. The zero-order valence-electron chi connectivity index (χ0n) is 27.2. The molecular weight excluding hydrogens is 553 g/mol. The molecule has 10 heteroatoms. The van der Waals surface area contributed by atoms with Crippen molar-refractivity contribution in [3.05, 3.63) is 71.8 Å². The van der Waals surface area contributed by atoms with E-state index in [1.165, 1.54) is 11.1 Å². The van der Waals surface area contributed by atoms with Gasteiger partial charge in [0.2, 0.25) is 5.91 Å². The molecule has 0 spiro atoms. The van der Waals surface area contributed by atoms with Crippen LogP contribution in [0.3, 0.4) is 0 Å². The molecule has 0 saturated carbocycles. The highest BCUT2D eigenvalue weighted by Crippen LogP contribution is 2.24. The second-order valence-corrected chi connectivity index (χ2v) is 12.6. The van der Waals surface area contributed by atoms with Gasteiger partial charge in [-0.25, -0.2) is 0 Å². The Hall–Kier alpha value is -2.31. The van der Waals surface area contributed by atoms with E-state index in [2.05, 4.69) is 74.5 Å². The fraction of sp³-hybridized carbons (Fsp3) is 0.618. The molecule has 0 bridgehead atoms. The van der Waals surface area contributed by atoms with Crippen molar-refractivity contribution in [2.45, 2.75) is 51.3 Å².